The second kappa shape index (κ2) is 7.47. The summed E-state index contributed by atoms with van der Waals surface area (Å²) in [5, 5.41) is 40.0. The molecule has 0 bridgehead atoms. The van der Waals surface area contributed by atoms with Crippen molar-refractivity contribution in [3.05, 3.63) is 39.4 Å². The number of rotatable bonds is 4. The molecule has 0 fully saturated rings. The Labute approximate surface area is 159 Å². The molecule has 0 atom stereocenters. The lowest BCUT2D eigenvalue weighted by atomic mass is 10.0. The molecule has 9 nitrogen and oxygen atoms in total. The lowest BCUT2D eigenvalue weighted by molar-refractivity contribution is 0.0596. The number of phenolic OH excluding ortho intramolecular Hbond substituents is 4. The van der Waals surface area contributed by atoms with E-state index in [1.54, 1.807) is 0 Å². The number of aldehydes is 1. The van der Waals surface area contributed by atoms with Crippen LogP contribution in [-0.2, 0) is 4.74 Å². The van der Waals surface area contributed by atoms with E-state index in [2.05, 4.69) is 4.74 Å². The first-order valence-electron chi connectivity index (χ1n) is 7.93. The lowest BCUT2D eigenvalue weighted by Gasteiger charge is -2.16. The minimum absolute atomic E-state index is 0.0510. The van der Waals surface area contributed by atoms with Crippen molar-refractivity contribution in [2.24, 2.45) is 0 Å². The van der Waals surface area contributed by atoms with E-state index in [4.69, 9.17) is 4.74 Å². The highest BCUT2D eigenvalue weighted by atomic mass is 16.5. The van der Waals surface area contributed by atoms with Gasteiger partial charge < -0.3 is 29.9 Å². The second-order valence-corrected chi connectivity index (χ2v) is 6.00. The molecule has 0 amide bonds. The average molecular weight is 390 g/mol. The van der Waals surface area contributed by atoms with Gasteiger partial charge in [0.1, 0.15) is 33.9 Å². The van der Waals surface area contributed by atoms with Crippen LogP contribution in [0.2, 0.25) is 0 Å². The summed E-state index contributed by atoms with van der Waals surface area (Å²) in [7, 11) is 1.15. The van der Waals surface area contributed by atoms with E-state index >= 15 is 0 Å². The van der Waals surface area contributed by atoms with Crippen LogP contribution in [0.4, 0.5) is 0 Å². The third-order valence-corrected chi connectivity index (χ3v) is 4.32. The lowest BCUT2D eigenvalue weighted by Crippen LogP contribution is -2.14. The van der Waals surface area contributed by atoms with Crippen molar-refractivity contribution >= 4 is 18.2 Å². The monoisotopic (exact) mass is 390 g/mol. The van der Waals surface area contributed by atoms with Gasteiger partial charge in [0.2, 0.25) is 0 Å². The molecule has 0 saturated carbocycles. The van der Waals surface area contributed by atoms with Crippen LogP contribution in [0.1, 0.15) is 47.8 Å². The first-order valence-corrected chi connectivity index (χ1v) is 7.93. The van der Waals surface area contributed by atoms with Crippen LogP contribution in [0.3, 0.4) is 0 Å². The van der Waals surface area contributed by atoms with Crippen LogP contribution >= 0.6 is 0 Å². The average Bonchev–Trinajstić information content (AvgIpc) is 2.64. The molecule has 0 aliphatic heterocycles. The number of phenols is 4. The van der Waals surface area contributed by atoms with E-state index in [1.807, 2.05) is 0 Å². The van der Waals surface area contributed by atoms with Gasteiger partial charge in [-0.3, -0.25) is 4.79 Å². The molecule has 0 heterocycles. The van der Waals surface area contributed by atoms with E-state index in [0.717, 1.165) is 7.11 Å². The van der Waals surface area contributed by atoms with E-state index in [-0.39, 0.29) is 34.3 Å². The summed E-state index contributed by atoms with van der Waals surface area (Å²) in [6.07, 6.45) is 0.0764. The highest BCUT2D eigenvalue weighted by Crippen LogP contribution is 2.42. The Bertz CT molecular complexity index is 1010. The Morgan fingerprint density at radius 1 is 0.857 bits per heavy atom. The van der Waals surface area contributed by atoms with Gasteiger partial charge in [0.15, 0.2) is 17.8 Å². The zero-order valence-electron chi connectivity index (χ0n) is 15.5. The van der Waals surface area contributed by atoms with Crippen LogP contribution in [0.25, 0.3) is 0 Å². The maximum absolute atomic E-state index is 12.6. The van der Waals surface area contributed by atoms with Gasteiger partial charge in [0, 0.05) is 11.1 Å². The molecule has 28 heavy (non-hydrogen) atoms. The Morgan fingerprint density at radius 3 is 2.00 bits per heavy atom. The van der Waals surface area contributed by atoms with Crippen molar-refractivity contribution in [3.8, 4) is 28.7 Å². The molecule has 2 aromatic rings. The maximum Gasteiger partial charge on any atom is 0.347 e. The smallest absolute Gasteiger partial charge is 0.347 e. The number of esters is 2. The van der Waals surface area contributed by atoms with Gasteiger partial charge in [-0.15, -0.1) is 0 Å². The molecule has 0 saturated heterocycles. The third-order valence-electron chi connectivity index (χ3n) is 4.32. The van der Waals surface area contributed by atoms with E-state index in [0.29, 0.717) is 0 Å². The van der Waals surface area contributed by atoms with Gasteiger partial charge in [-0.1, -0.05) is 0 Å². The molecule has 9 heteroatoms. The Kier molecular flexibility index (Phi) is 5.49. The number of hydrogen-bond acceptors (Lipinski definition) is 9. The predicted octanol–water partition coefficient (Wildman–Crippen LogP) is 2.25. The Balaban J connectivity index is 2.57. The fourth-order valence-electron chi connectivity index (χ4n) is 2.69. The summed E-state index contributed by atoms with van der Waals surface area (Å²) in [5.74, 6) is -4.98. The number of carbonyl (C=O) groups is 3. The van der Waals surface area contributed by atoms with Crippen molar-refractivity contribution < 1.29 is 44.3 Å². The van der Waals surface area contributed by atoms with Crippen molar-refractivity contribution in [2.75, 3.05) is 7.11 Å². The van der Waals surface area contributed by atoms with Crippen LogP contribution in [0.15, 0.2) is 6.07 Å². The van der Waals surface area contributed by atoms with E-state index in [9.17, 15) is 34.8 Å². The SMILES string of the molecule is COC(=O)c1c(C)cc(OC(=O)c2c(C)c(O)c(O)c(C=O)c2O)c(C)c1O. The van der Waals surface area contributed by atoms with Gasteiger partial charge >= 0.3 is 11.9 Å². The Morgan fingerprint density at radius 2 is 1.46 bits per heavy atom. The molecule has 0 aliphatic rings. The normalized spacial score (nSPS) is 10.4. The van der Waals surface area contributed by atoms with Crippen molar-refractivity contribution in [1.29, 1.82) is 0 Å². The minimum Gasteiger partial charge on any atom is -0.507 e. The largest absolute Gasteiger partial charge is 0.507 e. The first kappa shape index (κ1) is 20.6. The summed E-state index contributed by atoms with van der Waals surface area (Å²) in [6.45, 7) is 4.11. The molecular weight excluding hydrogens is 372 g/mol. The molecule has 4 N–H and O–H groups in total. The number of ether oxygens (including phenoxy) is 2. The number of carbonyl (C=O) groups excluding carboxylic acids is 3. The molecule has 148 valence electrons. The van der Waals surface area contributed by atoms with Gasteiger partial charge in [-0.05, 0) is 32.4 Å². The summed E-state index contributed by atoms with van der Waals surface area (Å²) < 4.78 is 9.80. The number of benzene rings is 2. The fraction of sp³-hybridized carbons (Fsp3) is 0.211. The number of aromatic hydroxyl groups is 4. The first-order chi connectivity index (χ1) is 13.1. The molecular formula is C19H18O9. The fourth-order valence-corrected chi connectivity index (χ4v) is 2.69. The summed E-state index contributed by atoms with van der Waals surface area (Å²) in [6, 6.07) is 1.31. The zero-order valence-corrected chi connectivity index (χ0v) is 15.5. The van der Waals surface area contributed by atoms with Crippen molar-refractivity contribution in [1.82, 2.24) is 0 Å². The van der Waals surface area contributed by atoms with Crippen molar-refractivity contribution in [2.45, 2.75) is 20.8 Å². The summed E-state index contributed by atoms with van der Waals surface area (Å²) >= 11 is 0. The molecule has 0 unspecified atom stereocenters. The van der Waals surface area contributed by atoms with Gasteiger partial charge in [0.25, 0.3) is 0 Å². The molecule has 0 spiro atoms. The number of hydrogen-bond donors (Lipinski definition) is 4. The van der Waals surface area contributed by atoms with E-state index < -0.39 is 46.1 Å². The number of aryl methyl sites for hydroxylation is 1. The predicted molar refractivity (Wildman–Crippen MR) is 95.4 cm³/mol. The minimum atomic E-state index is -1.15. The van der Waals surface area contributed by atoms with Crippen LogP contribution in [0, 0.1) is 20.8 Å². The quantitative estimate of drug-likeness (QED) is 0.202. The van der Waals surface area contributed by atoms with Gasteiger partial charge in [0.05, 0.1) is 7.11 Å². The molecule has 0 aromatic heterocycles. The molecule has 0 aliphatic carbocycles. The second-order valence-electron chi connectivity index (χ2n) is 6.00. The Hall–Kier alpha value is -3.75. The van der Waals surface area contributed by atoms with E-state index in [1.165, 1.54) is 26.8 Å². The number of methoxy groups -OCH3 is 1. The van der Waals surface area contributed by atoms with Crippen LogP contribution in [-0.4, -0.2) is 45.8 Å². The topological polar surface area (TPSA) is 151 Å². The standard InChI is InChI=1S/C19H18O9/c1-7-5-11(8(2)14(21)12(7)18(25)27-4)28-19(26)13-9(3)15(22)17(24)10(6-20)16(13)23/h5-6,21-24H,1-4H3. The zero-order chi connectivity index (χ0) is 21.3. The van der Waals surface area contributed by atoms with Crippen molar-refractivity contribution in [3.63, 3.8) is 0 Å². The highest BCUT2D eigenvalue weighted by Gasteiger charge is 2.28. The molecule has 2 aromatic carbocycles. The summed E-state index contributed by atoms with van der Waals surface area (Å²) in [4.78, 5) is 35.4. The van der Waals surface area contributed by atoms with Crippen LogP contribution in [0.5, 0.6) is 28.7 Å². The highest BCUT2D eigenvalue weighted by molar-refractivity contribution is 6.01. The van der Waals surface area contributed by atoms with Crippen LogP contribution < -0.4 is 4.74 Å². The summed E-state index contributed by atoms with van der Waals surface area (Å²) in [5.41, 5.74) is -1.20. The third kappa shape index (κ3) is 3.18. The molecule has 2 rings (SSSR count). The van der Waals surface area contributed by atoms with Gasteiger partial charge in [-0.2, -0.15) is 0 Å². The maximum atomic E-state index is 12.6. The van der Waals surface area contributed by atoms with Gasteiger partial charge in [-0.25, -0.2) is 9.59 Å². The molecule has 0 radical (unpaired) electrons.